The lowest BCUT2D eigenvalue weighted by Crippen LogP contribution is -2.45. The summed E-state index contributed by atoms with van der Waals surface area (Å²) < 4.78 is 10.7. The zero-order chi connectivity index (χ0) is 27.5. The molecular weight excluding hydrogens is 478 g/mol. The van der Waals surface area contributed by atoms with Crippen LogP contribution in [0.1, 0.15) is 63.6 Å². The van der Waals surface area contributed by atoms with E-state index in [1.54, 1.807) is 14.2 Å². The molecule has 0 aromatic heterocycles. The molecule has 2 amide bonds. The van der Waals surface area contributed by atoms with Gasteiger partial charge in [0, 0.05) is 25.2 Å². The van der Waals surface area contributed by atoms with Crippen molar-refractivity contribution in [2.45, 2.75) is 59.0 Å². The van der Waals surface area contributed by atoms with E-state index in [-0.39, 0.29) is 11.5 Å². The molecule has 38 heavy (non-hydrogen) atoms. The van der Waals surface area contributed by atoms with Gasteiger partial charge in [-0.1, -0.05) is 51.1 Å². The van der Waals surface area contributed by atoms with Crippen LogP contribution < -0.4 is 14.8 Å². The van der Waals surface area contributed by atoms with Crippen LogP contribution in [-0.4, -0.2) is 62.5 Å². The molecular formula is C31H45N3O4. The predicted octanol–water partition coefficient (Wildman–Crippen LogP) is 5.06. The zero-order valence-corrected chi connectivity index (χ0v) is 23.7. The average Bonchev–Trinajstić information content (AvgIpc) is 3.22. The van der Waals surface area contributed by atoms with E-state index in [1.165, 1.54) is 0 Å². The van der Waals surface area contributed by atoms with Crippen molar-refractivity contribution in [3.05, 3.63) is 59.7 Å². The number of piperidine rings is 1. The highest BCUT2D eigenvalue weighted by Gasteiger charge is 2.47. The zero-order valence-electron chi connectivity index (χ0n) is 23.7. The monoisotopic (exact) mass is 523 g/mol. The number of carbonyl (C=O) groups is 2. The van der Waals surface area contributed by atoms with E-state index in [4.69, 9.17) is 9.47 Å². The van der Waals surface area contributed by atoms with Crippen LogP contribution in [0.3, 0.4) is 0 Å². The number of ether oxygens (including phenoxy) is 2. The van der Waals surface area contributed by atoms with Crippen LogP contribution in [0.25, 0.3) is 0 Å². The summed E-state index contributed by atoms with van der Waals surface area (Å²) in [5.74, 6) is 2.75. The lowest BCUT2D eigenvalue weighted by atomic mass is 9.77. The Kier molecular flexibility index (Phi) is 11.0. The quantitative estimate of drug-likeness (QED) is 0.441. The summed E-state index contributed by atoms with van der Waals surface area (Å²) in [5, 5.41) is 2.95. The Balaban J connectivity index is 0.000000934. The first-order valence-electron chi connectivity index (χ1n) is 13.8. The number of para-hydroxylation sites is 1. The van der Waals surface area contributed by atoms with Gasteiger partial charge in [0.25, 0.3) is 0 Å². The van der Waals surface area contributed by atoms with Gasteiger partial charge >= 0.3 is 0 Å². The largest absolute Gasteiger partial charge is 0.497 e. The summed E-state index contributed by atoms with van der Waals surface area (Å²) in [6, 6.07) is 15.7. The van der Waals surface area contributed by atoms with E-state index in [0.717, 1.165) is 86.8 Å². The molecule has 208 valence electrons. The number of nitrogens with zero attached hydrogens (tertiary/aromatic N) is 2. The standard InChI is InChI=1S/C27H35N3O4.C4H10/c1-33-22-9-7-21(8-10-22)19-30-18-14-27(26(30)32)12-16-29(17-13-27)15-11-24(28-20-31)23-5-3-4-6-25(23)34-2;1-4(2)3/h3-10,20,24H,11-19H2,1-2H3,(H,28,31);4H,1-3H3. The van der Waals surface area contributed by atoms with Gasteiger partial charge in [-0.05, 0) is 68.5 Å². The molecule has 2 heterocycles. The van der Waals surface area contributed by atoms with E-state index in [2.05, 4.69) is 31.0 Å². The molecule has 7 nitrogen and oxygen atoms in total. The number of hydrogen-bond donors (Lipinski definition) is 1. The van der Waals surface area contributed by atoms with Crippen molar-refractivity contribution in [1.29, 1.82) is 0 Å². The molecule has 0 bridgehead atoms. The second-order valence-corrected chi connectivity index (χ2v) is 11.0. The number of nitrogens with one attached hydrogen (secondary N) is 1. The third-order valence-corrected chi connectivity index (χ3v) is 7.46. The highest BCUT2D eigenvalue weighted by atomic mass is 16.5. The maximum atomic E-state index is 13.3. The van der Waals surface area contributed by atoms with Gasteiger partial charge in [-0.2, -0.15) is 0 Å². The van der Waals surface area contributed by atoms with Crippen LogP contribution >= 0.6 is 0 Å². The topological polar surface area (TPSA) is 71.1 Å². The molecule has 0 saturated carbocycles. The van der Waals surface area contributed by atoms with Crippen molar-refractivity contribution >= 4 is 12.3 Å². The fraction of sp³-hybridized carbons (Fsp3) is 0.548. The van der Waals surface area contributed by atoms with Crippen molar-refractivity contribution < 1.29 is 19.1 Å². The smallest absolute Gasteiger partial charge is 0.229 e. The number of hydrogen-bond acceptors (Lipinski definition) is 5. The molecule has 0 radical (unpaired) electrons. The third-order valence-electron chi connectivity index (χ3n) is 7.46. The van der Waals surface area contributed by atoms with Crippen LogP contribution in [-0.2, 0) is 16.1 Å². The SMILES string of the molecule is CC(C)C.COc1ccc(CN2CCC3(CCN(CCC(NC=O)c4ccccc4OC)CC3)C2=O)cc1. The van der Waals surface area contributed by atoms with E-state index >= 15 is 0 Å². The Morgan fingerprint density at radius 2 is 1.58 bits per heavy atom. The minimum absolute atomic E-state index is 0.0994. The maximum Gasteiger partial charge on any atom is 0.229 e. The molecule has 1 atom stereocenters. The normalized spacial score (nSPS) is 17.6. The Morgan fingerprint density at radius 3 is 2.18 bits per heavy atom. The number of amides is 2. The van der Waals surface area contributed by atoms with Gasteiger partial charge in [-0.25, -0.2) is 0 Å². The molecule has 2 aromatic carbocycles. The number of benzene rings is 2. The van der Waals surface area contributed by atoms with E-state index < -0.39 is 0 Å². The van der Waals surface area contributed by atoms with Crippen LogP contribution in [0.4, 0.5) is 0 Å². The van der Waals surface area contributed by atoms with Crippen molar-refractivity contribution in [1.82, 2.24) is 15.1 Å². The van der Waals surface area contributed by atoms with Gasteiger partial charge in [-0.15, -0.1) is 0 Å². The van der Waals surface area contributed by atoms with Gasteiger partial charge in [0.1, 0.15) is 11.5 Å². The highest BCUT2D eigenvalue weighted by molar-refractivity contribution is 5.85. The predicted molar refractivity (Wildman–Crippen MR) is 151 cm³/mol. The summed E-state index contributed by atoms with van der Waals surface area (Å²) in [6.07, 6.45) is 4.28. The fourth-order valence-electron chi connectivity index (χ4n) is 5.34. The Hall–Kier alpha value is -3.06. The molecule has 2 fully saturated rings. The minimum atomic E-state index is -0.216. The van der Waals surface area contributed by atoms with Crippen LogP contribution in [0.15, 0.2) is 48.5 Å². The number of carbonyl (C=O) groups excluding carboxylic acids is 2. The molecule has 0 aliphatic carbocycles. The Bertz CT molecular complexity index is 1010. The van der Waals surface area contributed by atoms with Crippen molar-refractivity contribution in [3.8, 4) is 11.5 Å². The maximum absolute atomic E-state index is 13.3. The lowest BCUT2D eigenvalue weighted by Gasteiger charge is -2.38. The number of likely N-dealkylation sites (tertiary alicyclic amines) is 2. The average molecular weight is 524 g/mol. The first-order chi connectivity index (χ1) is 18.3. The molecule has 2 aromatic rings. The van der Waals surface area contributed by atoms with E-state index in [0.29, 0.717) is 12.5 Å². The molecule has 7 heteroatoms. The molecule has 1 spiro atoms. The van der Waals surface area contributed by atoms with Gasteiger partial charge in [0.2, 0.25) is 12.3 Å². The first-order valence-corrected chi connectivity index (χ1v) is 13.8. The van der Waals surface area contributed by atoms with Crippen LogP contribution in [0.5, 0.6) is 11.5 Å². The second kappa shape index (κ2) is 14.2. The van der Waals surface area contributed by atoms with Crippen molar-refractivity contribution in [2.24, 2.45) is 11.3 Å². The number of rotatable bonds is 10. The Morgan fingerprint density at radius 1 is 0.947 bits per heavy atom. The molecule has 1 N–H and O–H groups in total. The molecule has 2 aliphatic heterocycles. The lowest BCUT2D eigenvalue weighted by molar-refractivity contribution is -0.138. The molecule has 1 unspecified atom stereocenters. The summed E-state index contributed by atoms with van der Waals surface area (Å²) in [4.78, 5) is 29.0. The van der Waals surface area contributed by atoms with Gasteiger partial charge in [0.15, 0.2) is 0 Å². The first kappa shape index (κ1) is 29.5. The molecule has 2 saturated heterocycles. The minimum Gasteiger partial charge on any atom is -0.497 e. The third kappa shape index (κ3) is 7.73. The summed E-state index contributed by atoms with van der Waals surface area (Å²) in [5.41, 5.74) is 1.91. The molecule has 4 rings (SSSR count). The van der Waals surface area contributed by atoms with Crippen molar-refractivity contribution in [3.63, 3.8) is 0 Å². The summed E-state index contributed by atoms with van der Waals surface area (Å²) in [6.45, 7) is 10.7. The van der Waals surface area contributed by atoms with Gasteiger partial charge in [-0.3, -0.25) is 9.59 Å². The van der Waals surface area contributed by atoms with Gasteiger partial charge in [0.05, 0.1) is 25.7 Å². The van der Waals surface area contributed by atoms with Crippen LogP contribution in [0.2, 0.25) is 0 Å². The fourth-order valence-corrected chi connectivity index (χ4v) is 5.34. The van der Waals surface area contributed by atoms with E-state index in [9.17, 15) is 9.59 Å². The summed E-state index contributed by atoms with van der Waals surface area (Å²) >= 11 is 0. The Labute approximate surface area is 228 Å². The number of methoxy groups -OCH3 is 2. The molecule has 2 aliphatic rings. The van der Waals surface area contributed by atoms with Crippen molar-refractivity contribution in [2.75, 3.05) is 40.4 Å². The second-order valence-electron chi connectivity index (χ2n) is 11.0. The van der Waals surface area contributed by atoms with E-state index in [1.807, 2.05) is 53.4 Å². The van der Waals surface area contributed by atoms with Crippen LogP contribution in [0, 0.1) is 11.3 Å². The van der Waals surface area contributed by atoms with Gasteiger partial charge < -0.3 is 24.6 Å². The summed E-state index contributed by atoms with van der Waals surface area (Å²) in [7, 11) is 3.31. The highest BCUT2D eigenvalue weighted by Crippen LogP contribution is 2.42.